The van der Waals surface area contributed by atoms with Crippen LogP contribution in [0.1, 0.15) is 80.2 Å². The zero-order chi connectivity index (χ0) is 30.4. The lowest BCUT2D eigenvalue weighted by Crippen LogP contribution is -2.51. The van der Waals surface area contributed by atoms with Gasteiger partial charge >= 0.3 is 6.01 Å². The number of phenolic OH excluding ortho intramolecular Hbond substituents is 1. The number of rotatable bonds is 10. The summed E-state index contributed by atoms with van der Waals surface area (Å²) in [7, 11) is 0. The maximum Gasteiger partial charge on any atom is 0.319 e. The van der Waals surface area contributed by atoms with Crippen molar-refractivity contribution in [3.8, 4) is 11.8 Å². The average molecular weight is 645 g/mol. The average Bonchev–Trinajstić information content (AvgIpc) is 3.72. The number of phenols is 1. The molecule has 44 heavy (non-hydrogen) atoms. The summed E-state index contributed by atoms with van der Waals surface area (Å²) < 4.78 is 28.4. The van der Waals surface area contributed by atoms with Crippen molar-refractivity contribution in [2.75, 3.05) is 44.4 Å². The van der Waals surface area contributed by atoms with Crippen LogP contribution in [0.4, 0.5) is 10.2 Å². The summed E-state index contributed by atoms with van der Waals surface area (Å²) in [6.45, 7) is 6.22. The first-order chi connectivity index (χ1) is 21.3. The van der Waals surface area contributed by atoms with Gasteiger partial charge in [-0.2, -0.15) is 9.97 Å². The fourth-order valence-corrected chi connectivity index (χ4v) is 7.95. The molecule has 4 bridgehead atoms. The van der Waals surface area contributed by atoms with Crippen LogP contribution in [0, 0.1) is 0 Å². The van der Waals surface area contributed by atoms with E-state index in [-0.39, 0.29) is 23.4 Å². The van der Waals surface area contributed by atoms with Crippen molar-refractivity contribution in [1.29, 1.82) is 0 Å². The Morgan fingerprint density at radius 2 is 1.82 bits per heavy atom. The van der Waals surface area contributed by atoms with E-state index in [1.54, 1.807) is 19.1 Å². The summed E-state index contributed by atoms with van der Waals surface area (Å²) in [6.07, 6.45) is 10.5. The standard InChI is InChI=1S/C33H40Cl2FN5O3/c1-19(34)11-27-31(29(36)13-21-12-26(42)14-28(35)30(21)20-3-4-20)38-33(39-32(27)40-15-22-5-6-23(16-40)37-22)44-10-2-9-41-24-7-8-25(41)18-43-17-24/h11-14,20,22-25,37,42H,2-10,15-18H2,1H3/b19-11+,29-13-. The highest BCUT2D eigenvalue weighted by atomic mass is 35.5. The maximum atomic E-state index is 16.5. The Kier molecular flexibility index (Phi) is 8.77. The third-order valence-corrected chi connectivity index (χ3v) is 10.0. The highest BCUT2D eigenvalue weighted by molar-refractivity contribution is 6.32. The molecule has 2 aromatic rings. The number of hydrogen-bond acceptors (Lipinski definition) is 8. The van der Waals surface area contributed by atoms with Gasteiger partial charge in [0.05, 0.1) is 19.8 Å². The summed E-state index contributed by atoms with van der Waals surface area (Å²) in [6, 6.07) is 4.91. The predicted molar refractivity (Wildman–Crippen MR) is 172 cm³/mol. The number of halogens is 3. The van der Waals surface area contributed by atoms with E-state index in [9.17, 15) is 5.11 Å². The maximum absolute atomic E-state index is 16.5. The first-order valence-corrected chi connectivity index (χ1v) is 16.7. The Hall–Kier alpha value is -2.43. The first-order valence-electron chi connectivity index (χ1n) is 16.0. The molecule has 8 nitrogen and oxygen atoms in total. The molecular formula is C33H40Cl2FN5O3. The molecule has 5 fully saturated rings. The summed E-state index contributed by atoms with van der Waals surface area (Å²) in [5, 5.41) is 14.9. The Balaban J connectivity index is 1.22. The summed E-state index contributed by atoms with van der Waals surface area (Å²) >= 11 is 13.0. The van der Waals surface area contributed by atoms with Crippen molar-refractivity contribution in [2.24, 2.45) is 0 Å². The zero-order valence-corrected chi connectivity index (χ0v) is 26.6. The van der Waals surface area contributed by atoms with Gasteiger partial charge < -0.3 is 24.8 Å². The molecule has 4 aliphatic heterocycles. The van der Waals surface area contributed by atoms with Crippen molar-refractivity contribution in [3.63, 3.8) is 0 Å². The van der Waals surface area contributed by atoms with Gasteiger partial charge in [-0.25, -0.2) is 4.39 Å². The normalized spacial score (nSPS) is 27.3. The van der Waals surface area contributed by atoms with Gasteiger partial charge in [-0.3, -0.25) is 4.90 Å². The van der Waals surface area contributed by atoms with Gasteiger partial charge in [-0.15, -0.1) is 0 Å². The summed E-state index contributed by atoms with van der Waals surface area (Å²) in [4.78, 5) is 14.3. The van der Waals surface area contributed by atoms with Gasteiger partial charge in [0.2, 0.25) is 0 Å². The lowest BCUT2D eigenvalue weighted by Gasteiger charge is -2.35. The Bertz CT molecular complexity index is 1440. The van der Waals surface area contributed by atoms with E-state index in [0.717, 1.165) is 70.5 Å². The molecule has 5 aliphatic rings. The monoisotopic (exact) mass is 643 g/mol. The van der Waals surface area contributed by atoms with Crippen molar-refractivity contribution in [3.05, 3.63) is 44.6 Å². The fraction of sp³-hybridized carbons (Fsp3) is 0.576. The second-order valence-electron chi connectivity index (χ2n) is 12.9. The summed E-state index contributed by atoms with van der Waals surface area (Å²) in [5.74, 6) is 0.306. The molecule has 236 valence electrons. The lowest BCUT2D eigenvalue weighted by atomic mass is 10.0. The predicted octanol–water partition coefficient (Wildman–Crippen LogP) is 6.35. The molecule has 11 heteroatoms. The summed E-state index contributed by atoms with van der Waals surface area (Å²) in [5.41, 5.74) is 2.04. The zero-order valence-electron chi connectivity index (χ0n) is 25.1. The van der Waals surface area contributed by atoms with Gasteiger partial charge in [0, 0.05) is 59.4 Å². The number of hydrogen-bond donors (Lipinski definition) is 2. The highest BCUT2D eigenvalue weighted by Gasteiger charge is 2.37. The SMILES string of the molecule is C/C(Cl)=C\c1c(/C(F)=C/c2cc(O)cc(Cl)c2C2CC2)nc(OCCCN2C3CCC2COC3)nc1N1CC2CCC(C1)N2. The van der Waals surface area contributed by atoms with Crippen LogP contribution in [0.2, 0.25) is 5.02 Å². The minimum Gasteiger partial charge on any atom is -0.508 e. The largest absolute Gasteiger partial charge is 0.508 e. The third-order valence-electron chi connectivity index (χ3n) is 9.59. The van der Waals surface area contributed by atoms with E-state index in [4.69, 9.17) is 37.7 Å². The molecular weight excluding hydrogens is 604 g/mol. The van der Waals surface area contributed by atoms with Crippen LogP contribution in [0.25, 0.3) is 18.0 Å². The van der Waals surface area contributed by atoms with E-state index < -0.39 is 5.83 Å². The molecule has 1 aromatic heterocycles. The van der Waals surface area contributed by atoms with Crippen molar-refractivity contribution in [2.45, 2.75) is 82.0 Å². The molecule has 0 spiro atoms. The molecule has 4 unspecified atom stereocenters. The van der Waals surface area contributed by atoms with Crippen LogP contribution in [-0.2, 0) is 4.74 Å². The Morgan fingerprint density at radius 3 is 2.50 bits per heavy atom. The number of morpholine rings is 1. The van der Waals surface area contributed by atoms with Crippen LogP contribution in [0.5, 0.6) is 11.8 Å². The number of aromatic hydroxyl groups is 1. The third kappa shape index (κ3) is 6.44. The van der Waals surface area contributed by atoms with Crippen molar-refractivity contribution in [1.82, 2.24) is 20.2 Å². The van der Waals surface area contributed by atoms with Gasteiger partial charge in [0.15, 0.2) is 0 Å². The smallest absolute Gasteiger partial charge is 0.319 e. The van der Waals surface area contributed by atoms with E-state index in [2.05, 4.69) is 20.1 Å². The van der Waals surface area contributed by atoms with Crippen LogP contribution in [-0.4, -0.2) is 83.6 Å². The number of ether oxygens (including phenoxy) is 2. The number of allylic oxidation sites excluding steroid dienone is 1. The number of anilines is 1. The molecule has 7 rings (SSSR count). The molecule has 5 heterocycles. The lowest BCUT2D eigenvalue weighted by molar-refractivity contribution is -0.0161. The van der Waals surface area contributed by atoms with E-state index >= 15 is 4.39 Å². The van der Waals surface area contributed by atoms with E-state index in [0.29, 0.717) is 57.8 Å². The van der Waals surface area contributed by atoms with E-state index in [1.807, 2.05) is 0 Å². The van der Waals surface area contributed by atoms with Crippen LogP contribution in [0.3, 0.4) is 0 Å². The van der Waals surface area contributed by atoms with Gasteiger partial charge in [0.1, 0.15) is 23.1 Å². The number of aromatic nitrogens is 2. The minimum atomic E-state index is -0.561. The molecule has 0 radical (unpaired) electrons. The Morgan fingerprint density at radius 1 is 1.09 bits per heavy atom. The van der Waals surface area contributed by atoms with E-state index in [1.165, 1.54) is 25.0 Å². The number of nitrogens with one attached hydrogen (secondary N) is 1. The van der Waals surface area contributed by atoms with Gasteiger partial charge in [-0.1, -0.05) is 23.2 Å². The number of benzene rings is 1. The topological polar surface area (TPSA) is 83.0 Å². The highest BCUT2D eigenvalue weighted by Crippen LogP contribution is 2.47. The molecule has 1 saturated carbocycles. The molecule has 0 amide bonds. The quantitative estimate of drug-likeness (QED) is 0.290. The molecule has 4 saturated heterocycles. The molecule has 2 N–H and O–H groups in total. The second-order valence-corrected chi connectivity index (χ2v) is 13.9. The number of fused-ring (bicyclic) bond motifs is 4. The number of piperazine rings is 1. The fourth-order valence-electron chi connectivity index (χ4n) is 7.47. The van der Waals surface area contributed by atoms with Gasteiger partial charge in [0.25, 0.3) is 0 Å². The van der Waals surface area contributed by atoms with Crippen LogP contribution < -0.4 is 15.0 Å². The molecule has 1 aliphatic carbocycles. The Labute approximate surface area is 268 Å². The first kappa shape index (κ1) is 30.2. The molecule has 4 atom stereocenters. The second kappa shape index (κ2) is 12.8. The number of nitrogens with zero attached hydrogens (tertiary/aromatic N) is 4. The van der Waals surface area contributed by atoms with Crippen molar-refractivity contribution >= 4 is 47.0 Å². The minimum absolute atomic E-state index is 0.00688. The van der Waals surface area contributed by atoms with Crippen LogP contribution >= 0.6 is 23.2 Å². The van der Waals surface area contributed by atoms with Crippen molar-refractivity contribution < 1.29 is 19.0 Å². The molecule has 1 aromatic carbocycles. The van der Waals surface area contributed by atoms with Crippen LogP contribution in [0.15, 0.2) is 17.2 Å². The van der Waals surface area contributed by atoms with Gasteiger partial charge in [-0.05, 0) is 93.2 Å².